The molecule has 8 nitrogen and oxygen atoms in total. The lowest BCUT2D eigenvalue weighted by molar-refractivity contribution is -0.245. The lowest BCUT2D eigenvalue weighted by Crippen LogP contribution is -2.61. The van der Waals surface area contributed by atoms with E-state index < -0.39 is 36.5 Å². The molecule has 0 aliphatic carbocycles. The molecule has 0 unspecified atom stereocenters. The van der Waals surface area contributed by atoms with Crippen molar-refractivity contribution in [3.63, 3.8) is 0 Å². The number of carbonyl (C=O) groups excluding carboxylic acids is 3. The first-order chi connectivity index (χ1) is 8.81. The van der Waals surface area contributed by atoms with Crippen LogP contribution in [-0.2, 0) is 28.6 Å². The fraction of sp³-hybridized carbons (Fsp3) is 0.727. The summed E-state index contributed by atoms with van der Waals surface area (Å²) in [4.78, 5) is 33.2. The molecule has 1 fully saturated rings. The summed E-state index contributed by atoms with van der Waals surface area (Å²) >= 11 is 0. The van der Waals surface area contributed by atoms with Gasteiger partial charge in [0.15, 0.2) is 18.5 Å². The number of ether oxygens (including phenoxy) is 3. The van der Waals surface area contributed by atoms with Gasteiger partial charge in [0.1, 0.15) is 0 Å². The van der Waals surface area contributed by atoms with Gasteiger partial charge in [-0.3, -0.25) is 14.4 Å². The lowest BCUT2D eigenvalue weighted by Gasteiger charge is -2.39. The molecule has 108 valence electrons. The first kappa shape index (κ1) is 15.4. The molecule has 4 atom stereocenters. The van der Waals surface area contributed by atoms with Crippen molar-refractivity contribution in [1.29, 1.82) is 0 Å². The zero-order chi connectivity index (χ0) is 14.6. The number of rotatable bonds is 3. The highest BCUT2D eigenvalue weighted by molar-refractivity contribution is 5.73. The summed E-state index contributed by atoms with van der Waals surface area (Å²) in [5.74, 6) is -1.64. The van der Waals surface area contributed by atoms with Gasteiger partial charge in [0.05, 0.1) is 12.6 Å². The fourth-order valence-corrected chi connectivity index (χ4v) is 1.83. The summed E-state index contributed by atoms with van der Waals surface area (Å²) in [6, 6.07) is -0.700. The van der Waals surface area contributed by atoms with Crippen LogP contribution in [0.2, 0.25) is 0 Å². The Morgan fingerprint density at radius 3 is 2.11 bits per heavy atom. The van der Waals surface area contributed by atoms with E-state index in [4.69, 9.17) is 14.2 Å². The van der Waals surface area contributed by atoms with Crippen molar-refractivity contribution in [3.05, 3.63) is 0 Å². The van der Waals surface area contributed by atoms with Crippen molar-refractivity contribution < 1.29 is 33.7 Å². The largest absolute Gasteiger partial charge is 0.456 e. The van der Waals surface area contributed by atoms with Gasteiger partial charge in [-0.15, -0.1) is 0 Å². The molecule has 0 aromatic heterocycles. The summed E-state index contributed by atoms with van der Waals surface area (Å²) in [7, 11) is 0. The van der Waals surface area contributed by atoms with Gasteiger partial charge >= 0.3 is 11.9 Å². The molecule has 1 saturated heterocycles. The van der Waals surface area contributed by atoms with Crippen molar-refractivity contribution in [3.8, 4) is 0 Å². The molecule has 0 saturated carbocycles. The van der Waals surface area contributed by atoms with Crippen LogP contribution in [-0.4, -0.2) is 54.1 Å². The summed E-state index contributed by atoms with van der Waals surface area (Å²) in [6.07, 6.45) is -3.61. The number of hydrogen-bond acceptors (Lipinski definition) is 7. The minimum Gasteiger partial charge on any atom is -0.456 e. The predicted octanol–water partition coefficient (Wildman–Crippen LogP) is -1.30. The topological polar surface area (TPSA) is 111 Å². The minimum atomic E-state index is -1.42. The van der Waals surface area contributed by atoms with E-state index in [1.54, 1.807) is 0 Å². The van der Waals surface area contributed by atoms with Crippen molar-refractivity contribution in [1.82, 2.24) is 5.32 Å². The number of aliphatic hydroxyl groups is 1. The van der Waals surface area contributed by atoms with E-state index >= 15 is 0 Å². The molecule has 1 heterocycles. The maximum absolute atomic E-state index is 11.1. The molecule has 0 bridgehead atoms. The van der Waals surface area contributed by atoms with Crippen molar-refractivity contribution in [2.45, 2.75) is 45.3 Å². The highest BCUT2D eigenvalue weighted by Gasteiger charge is 2.44. The molecule has 0 aromatic carbocycles. The zero-order valence-corrected chi connectivity index (χ0v) is 10.9. The van der Waals surface area contributed by atoms with Crippen LogP contribution in [0.4, 0.5) is 0 Å². The third-order valence-electron chi connectivity index (χ3n) is 2.44. The number of esters is 2. The molecule has 19 heavy (non-hydrogen) atoms. The van der Waals surface area contributed by atoms with Crippen LogP contribution in [0, 0.1) is 0 Å². The van der Waals surface area contributed by atoms with Gasteiger partial charge < -0.3 is 24.6 Å². The average Bonchev–Trinajstić information content (AvgIpc) is 2.25. The average molecular weight is 275 g/mol. The van der Waals surface area contributed by atoms with Crippen LogP contribution >= 0.6 is 0 Å². The Bertz CT molecular complexity index is 370. The summed E-state index contributed by atoms with van der Waals surface area (Å²) in [5.41, 5.74) is 0. The maximum atomic E-state index is 11.1. The molecule has 2 N–H and O–H groups in total. The Morgan fingerprint density at radius 2 is 1.63 bits per heavy atom. The molecule has 0 radical (unpaired) electrons. The molecule has 8 heteroatoms. The minimum absolute atomic E-state index is 0.0591. The van der Waals surface area contributed by atoms with Crippen LogP contribution in [0.3, 0.4) is 0 Å². The van der Waals surface area contributed by atoms with Crippen molar-refractivity contribution in [2.24, 2.45) is 0 Å². The third kappa shape index (κ3) is 4.49. The Labute approximate surface area is 110 Å². The second-order valence-electron chi connectivity index (χ2n) is 4.18. The van der Waals surface area contributed by atoms with E-state index in [0.717, 1.165) is 6.92 Å². The Hall–Kier alpha value is -1.67. The van der Waals surface area contributed by atoms with Gasteiger partial charge in [-0.05, 0) is 0 Å². The highest BCUT2D eigenvalue weighted by atomic mass is 16.7. The van der Waals surface area contributed by atoms with Gasteiger partial charge in [-0.1, -0.05) is 0 Å². The van der Waals surface area contributed by atoms with Crippen LogP contribution in [0.1, 0.15) is 20.8 Å². The van der Waals surface area contributed by atoms with Crippen LogP contribution in [0.5, 0.6) is 0 Å². The van der Waals surface area contributed by atoms with Gasteiger partial charge in [-0.2, -0.15) is 0 Å². The normalized spacial score (nSPS) is 30.3. The number of amides is 1. The molecule has 0 aromatic rings. The summed E-state index contributed by atoms with van der Waals surface area (Å²) in [6.45, 7) is 3.56. The smallest absolute Gasteiger partial charge is 0.303 e. The SMILES string of the molecule is CC(=O)N[C@H]1CO[C@@H](O)[C@H](OC(C)=O)[C@@H]1OC(C)=O. The Balaban J connectivity index is 2.89. The van der Waals surface area contributed by atoms with E-state index in [9.17, 15) is 19.5 Å². The molecule has 0 spiro atoms. The van der Waals surface area contributed by atoms with E-state index in [2.05, 4.69) is 5.32 Å². The monoisotopic (exact) mass is 275 g/mol. The molecule has 1 aliphatic heterocycles. The van der Waals surface area contributed by atoms with Crippen LogP contribution in [0.15, 0.2) is 0 Å². The molecule has 1 rings (SSSR count). The van der Waals surface area contributed by atoms with E-state index in [1.807, 2.05) is 0 Å². The van der Waals surface area contributed by atoms with Crippen molar-refractivity contribution >= 4 is 17.8 Å². The van der Waals surface area contributed by atoms with Gasteiger partial charge in [0.2, 0.25) is 5.91 Å². The molecule has 1 amide bonds. The molecular weight excluding hydrogens is 258 g/mol. The standard InChI is InChI=1S/C11H17NO7/c1-5(13)12-8-4-17-11(16)10(19-7(3)15)9(8)18-6(2)14/h8-11,16H,4H2,1-3H3,(H,12,13)/t8-,9+,10+,11+/m0/s1. The quantitative estimate of drug-likeness (QED) is 0.616. The van der Waals surface area contributed by atoms with Crippen LogP contribution < -0.4 is 5.32 Å². The Morgan fingerprint density at radius 1 is 1.11 bits per heavy atom. The third-order valence-corrected chi connectivity index (χ3v) is 2.44. The van der Waals surface area contributed by atoms with Gasteiger partial charge in [0.25, 0.3) is 0 Å². The van der Waals surface area contributed by atoms with Crippen LogP contribution in [0.25, 0.3) is 0 Å². The first-order valence-corrected chi connectivity index (χ1v) is 5.72. The number of aliphatic hydroxyl groups excluding tert-OH is 1. The Kier molecular flexibility index (Phi) is 5.25. The maximum Gasteiger partial charge on any atom is 0.303 e. The number of carbonyl (C=O) groups is 3. The second-order valence-corrected chi connectivity index (χ2v) is 4.18. The number of hydrogen-bond donors (Lipinski definition) is 2. The number of nitrogens with one attached hydrogen (secondary N) is 1. The lowest BCUT2D eigenvalue weighted by atomic mass is 10.0. The highest BCUT2D eigenvalue weighted by Crippen LogP contribution is 2.20. The van der Waals surface area contributed by atoms with E-state index in [1.165, 1.54) is 13.8 Å². The van der Waals surface area contributed by atoms with Gasteiger partial charge in [0, 0.05) is 20.8 Å². The van der Waals surface area contributed by atoms with Gasteiger partial charge in [-0.25, -0.2) is 0 Å². The van der Waals surface area contributed by atoms with E-state index in [0.29, 0.717) is 0 Å². The summed E-state index contributed by atoms with van der Waals surface area (Å²) in [5, 5.41) is 12.2. The fourth-order valence-electron chi connectivity index (χ4n) is 1.83. The van der Waals surface area contributed by atoms with Crippen molar-refractivity contribution in [2.75, 3.05) is 6.61 Å². The first-order valence-electron chi connectivity index (χ1n) is 5.72. The zero-order valence-electron chi connectivity index (χ0n) is 10.9. The molecule has 1 aliphatic rings. The predicted molar refractivity (Wildman–Crippen MR) is 60.7 cm³/mol. The molecular formula is C11H17NO7. The van der Waals surface area contributed by atoms with E-state index in [-0.39, 0.29) is 12.5 Å². The second kappa shape index (κ2) is 6.48. The summed E-state index contributed by atoms with van der Waals surface area (Å²) < 4.78 is 14.9.